The zero-order valence-electron chi connectivity index (χ0n) is 9.37. The number of primary amides is 1. The molecule has 90 valence electrons. The Bertz CT molecular complexity index is 550. The molecule has 1 aromatic carbocycles. The van der Waals surface area contributed by atoms with Gasteiger partial charge < -0.3 is 15.5 Å². The number of nitrogens with one attached hydrogen (secondary N) is 1. The molecule has 1 atom stereocenters. The standard InChI is InChI=1S/C12H13IN2O2/c1-7(17-12(14)16)4-8-6-15-11-3-2-9(13)5-10(8)11/h2-3,5-7,15H,4H2,1H3,(H2,14,16)/t7-/m1/s1. The Morgan fingerprint density at radius 3 is 3.06 bits per heavy atom. The number of hydrogen-bond donors (Lipinski definition) is 2. The number of H-pyrrole nitrogens is 1. The van der Waals surface area contributed by atoms with Crippen molar-refractivity contribution in [1.29, 1.82) is 0 Å². The van der Waals surface area contributed by atoms with Gasteiger partial charge >= 0.3 is 6.09 Å². The molecule has 0 spiro atoms. The summed E-state index contributed by atoms with van der Waals surface area (Å²) in [5.74, 6) is 0. The first kappa shape index (κ1) is 12.2. The molecule has 0 bridgehead atoms. The molecule has 0 aliphatic heterocycles. The van der Waals surface area contributed by atoms with E-state index in [4.69, 9.17) is 10.5 Å². The van der Waals surface area contributed by atoms with Crippen molar-refractivity contribution in [3.63, 3.8) is 0 Å². The van der Waals surface area contributed by atoms with Gasteiger partial charge in [-0.3, -0.25) is 0 Å². The van der Waals surface area contributed by atoms with Crippen LogP contribution < -0.4 is 5.73 Å². The van der Waals surface area contributed by atoms with Crippen molar-refractivity contribution < 1.29 is 9.53 Å². The summed E-state index contributed by atoms with van der Waals surface area (Å²) in [5.41, 5.74) is 7.21. The van der Waals surface area contributed by atoms with E-state index in [9.17, 15) is 4.79 Å². The molecule has 17 heavy (non-hydrogen) atoms. The van der Waals surface area contributed by atoms with Gasteiger partial charge in [-0.05, 0) is 53.3 Å². The van der Waals surface area contributed by atoms with Gasteiger partial charge in [-0.1, -0.05) is 0 Å². The van der Waals surface area contributed by atoms with Gasteiger partial charge in [0.1, 0.15) is 6.10 Å². The van der Waals surface area contributed by atoms with Gasteiger partial charge in [-0.2, -0.15) is 0 Å². The van der Waals surface area contributed by atoms with Crippen molar-refractivity contribution in [3.8, 4) is 0 Å². The number of carbonyl (C=O) groups is 1. The molecule has 3 N–H and O–H groups in total. The molecule has 0 saturated heterocycles. The number of benzene rings is 1. The van der Waals surface area contributed by atoms with E-state index in [0.29, 0.717) is 6.42 Å². The van der Waals surface area contributed by atoms with Crippen LogP contribution >= 0.6 is 22.6 Å². The molecular weight excluding hydrogens is 331 g/mol. The third-order valence-electron chi connectivity index (χ3n) is 2.55. The van der Waals surface area contributed by atoms with Crippen LogP contribution in [0.15, 0.2) is 24.4 Å². The Morgan fingerprint density at radius 2 is 2.35 bits per heavy atom. The number of halogens is 1. The molecule has 0 unspecified atom stereocenters. The van der Waals surface area contributed by atoms with Gasteiger partial charge in [-0.15, -0.1) is 0 Å². The third-order valence-corrected chi connectivity index (χ3v) is 3.23. The summed E-state index contributed by atoms with van der Waals surface area (Å²) in [4.78, 5) is 13.8. The topological polar surface area (TPSA) is 68.1 Å². The van der Waals surface area contributed by atoms with E-state index in [1.54, 1.807) is 0 Å². The summed E-state index contributed by atoms with van der Waals surface area (Å²) in [6, 6.07) is 6.20. The van der Waals surface area contributed by atoms with Crippen LogP contribution in [0, 0.1) is 3.57 Å². The summed E-state index contributed by atoms with van der Waals surface area (Å²) in [6.07, 6.45) is 1.65. The van der Waals surface area contributed by atoms with Crippen molar-refractivity contribution in [2.75, 3.05) is 0 Å². The van der Waals surface area contributed by atoms with E-state index < -0.39 is 6.09 Å². The number of aromatic amines is 1. The molecule has 1 amide bonds. The van der Waals surface area contributed by atoms with Gasteiger partial charge in [0.15, 0.2) is 0 Å². The van der Waals surface area contributed by atoms with Crippen LogP contribution in [0.5, 0.6) is 0 Å². The zero-order chi connectivity index (χ0) is 12.4. The second kappa shape index (κ2) is 4.95. The fourth-order valence-corrected chi connectivity index (χ4v) is 2.36. The Balaban J connectivity index is 2.24. The van der Waals surface area contributed by atoms with Crippen LogP contribution in [0.4, 0.5) is 4.79 Å². The predicted octanol–water partition coefficient (Wildman–Crippen LogP) is 2.80. The lowest BCUT2D eigenvalue weighted by atomic mass is 10.1. The molecule has 5 heteroatoms. The molecule has 4 nitrogen and oxygen atoms in total. The molecule has 2 aromatic rings. The van der Waals surface area contributed by atoms with E-state index in [2.05, 4.69) is 33.6 Å². The first-order chi connectivity index (χ1) is 8.06. The average molecular weight is 344 g/mol. The SMILES string of the molecule is C[C@H](Cc1c[nH]c2ccc(I)cc12)OC(N)=O. The number of ether oxygens (including phenoxy) is 1. The number of fused-ring (bicyclic) bond motifs is 1. The minimum Gasteiger partial charge on any atom is -0.446 e. The quantitative estimate of drug-likeness (QED) is 0.841. The van der Waals surface area contributed by atoms with Gasteiger partial charge in [0, 0.05) is 27.1 Å². The van der Waals surface area contributed by atoms with Gasteiger partial charge in [0.25, 0.3) is 0 Å². The van der Waals surface area contributed by atoms with Crippen LogP contribution in [-0.4, -0.2) is 17.2 Å². The van der Waals surface area contributed by atoms with E-state index in [-0.39, 0.29) is 6.10 Å². The van der Waals surface area contributed by atoms with Crippen molar-refractivity contribution >= 4 is 39.6 Å². The predicted molar refractivity (Wildman–Crippen MR) is 74.9 cm³/mol. The Morgan fingerprint density at radius 1 is 1.59 bits per heavy atom. The third kappa shape index (κ3) is 2.91. The number of aromatic nitrogens is 1. The Kier molecular flexibility index (Phi) is 3.56. The highest BCUT2D eigenvalue weighted by Crippen LogP contribution is 2.22. The molecule has 1 heterocycles. The normalized spacial score (nSPS) is 12.6. The van der Waals surface area contributed by atoms with Gasteiger partial charge in [-0.25, -0.2) is 4.79 Å². The lowest BCUT2D eigenvalue weighted by molar-refractivity contribution is 0.116. The zero-order valence-corrected chi connectivity index (χ0v) is 11.5. The van der Waals surface area contributed by atoms with Crippen molar-refractivity contribution in [1.82, 2.24) is 4.98 Å². The average Bonchev–Trinajstić information content (AvgIpc) is 2.60. The summed E-state index contributed by atoms with van der Waals surface area (Å²) < 4.78 is 6.11. The maximum absolute atomic E-state index is 10.6. The van der Waals surface area contributed by atoms with E-state index in [0.717, 1.165) is 16.5 Å². The van der Waals surface area contributed by atoms with E-state index in [1.807, 2.05) is 25.3 Å². The highest BCUT2D eigenvalue weighted by molar-refractivity contribution is 14.1. The lowest BCUT2D eigenvalue weighted by Crippen LogP contribution is -2.21. The number of rotatable bonds is 3. The maximum atomic E-state index is 10.6. The molecule has 0 aliphatic carbocycles. The van der Waals surface area contributed by atoms with Crippen molar-refractivity contribution in [2.45, 2.75) is 19.4 Å². The molecule has 0 saturated carbocycles. The lowest BCUT2D eigenvalue weighted by Gasteiger charge is -2.10. The van der Waals surface area contributed by atoms with E-state index >= 15 is 0 Å². The Hall–Kier alpha value is -1.24. The highest BCUT2D eigenvalue weighted by Gasteiger charge is 2.11. The van der Waals surface area contributed by atoms with Crippen LogP contribution in [0.2, 0.25) is 0 Å². The smallest absolute Gasteiger partial charge is 0.404 e. The maximum Gasteiger partial charge on any atom is 0.404 e. The number of nitrogens with two attached hydrogens (primary N) is 1. The molecule has 0 fully saturated rings. The number of hydrogen-bond acceptors (Lipinski definition) is 2. The molecular formula is C12H13IN2O2. The minimum absolute atomic E-state index is 0.218. The second-order valence-electron chi connectivity index (χ2n) is 3.96. The summed E-state index contributed by atoms with van der Waals surface area (Å²) in [7, 11) is 0. The Labute approximate surface area is 113 Å². The molecule has 0 radical (unpaired) electrons. The summed E-state index contributed by atoms with van der Waals surface area (Å²) in [6.45, 7) is 1.83. The van der Waals surface area contributed by atoms with Crippen LogP contribution in [0.25, 0.3) is 10.9 Å². The minimum atomic E-state index is -0.730. The molecule has 2 rings (SSSR count). The fraction of sp³-hybridized carbons (Fsp3) is 0.250. The first-order valence-electron chi connectivity index (χ1n) is 5.28. The van der Waals surface area contributed by atoms with Crippen molar-refractivity contribution in [2.24, 2.45) is 5.73 Å². The highest BCUT2D eigenvalue weighted by atomic mass is 127. The number of carbonyl (C=O) groups excluding carboxylic acids is 1. The van der Waals surface area contributed by atoms with Crippen molar-refractivity contribution in [3.05, 3.63) is 33.5 Å². The largest absolute Gasteiger partial charge is 0.446 e. The summed E-state index contributed by atoms with van der Waals surface area (Å²) in [5, 5.41) is 1.16. The summed E-state index contributed by atoms with van der Waals surface area (Å²) >= 11 is 2.28. The van der Waals surface area contributed by atoms with Crippen LogP contribution in [0.1, 0.15) is 12.5 Å². The van der Waals surface area contributed by atoms with Crippen LogP contribution in [-0.2, 0) is 11.2 Å². The monoisotopic (exact) mass is 344 g/mol. The van der Waals surface area contributed by atoms with E-state index in [1.165, 1.54) is 3.57 Å². The van der Waals surface area contributed by atoms with Gasteiger partial charge in [0.05, 0.1) is 0 Å². The fourth-order valence-electron chi connectivity index (χ4n) is 1.87. The molecule has 0 aliphatic rings. The second-order valence-corrected chi connectivity index (χ2v) is 5.20. The molecule has 1 aromatic heterocycles. The number of amides is 1. The first-order valence-corrected chi connectivity index (χ1v) is 6.35. The van der Waals surface area contributed by atoms with Crippen LogP contribution in [0.3, 0.4) is 0 Å². The van der Waals surface area contributed by atoms with Gasteiger partial charge in [0.2, 0.25) is 0 Å².